The van der Waals surface area contributed by atoms with Crippen molar-refractivity contribution < 1.29 is 17.9 Å². The lowest BCUT2D eigenvalue weighted by Gasteiger charge is -2.06. The van der Waals surface area contributed by atoms with Gasteiger partial charge in [0.15, 0.2) is 0 Å². The summed E-state index contributed by atoms with van der Waals surface area (Å²) in [5.74, 6) is -0.311. The molecule has 15 heavy (non-hydrogen) atoms. The SMILES string of the molecule is Fc1ccc(NCCOCC(F)F)cc1. The summed E-state index contributed by atoms with van der Waals surface area (Å²) in [5.41, 5.74) is 0.733. The highest BCUT2D eigenvalue weighted by Crippen LogP contribution is 2.07. The van der Waals surface area contributed by atoms with Crippen LogP contribution in [0.4, 0.5) is 18.9 Å². The first kappa shape index (κ1) is 11.8. The molecular formula is C10H12F3NO. The molecule has 0 aliphatic carbocycles. The van der Waals surface area contributed by atoms with Gasteiger partial charge in [-0.2, -0.15) is 0 Å². The minimum atomic E-state index is -2.43. The molecule has 1 N–H and O–H groups in total. The molecule has 0 bridgehead atoms. The van der Waals surface area contributed by atoms with E-state index in [1.807, 2.05) is 0 Å². The summed E-state index contributed by atoms with van der Waals surface area (Å²) in [4.78, 5) is 0. The maximum atomic E-state index is 12.5. The Morgan fingerprint density at radius 3 is 2.47 bits per heavy atom. The molecule has 0 atom stereocenters. The minimum Gasteiger partial charge on any atom is -0.383 e. The molecule has 0 radical (unpaired) electrons. The quantitative estimate of drug-likeness (QED) is 0.742. The Hall–Kier alpha value is -1.23. The predicted molar refractivity (Wildman–Crippen MR) is 51.7 cm³/mol. The van der Waals surface area contributed by atoms with Crippen LogP contribution in [-0.2, 0) is 4.74 Å². The smallest absolute Gasteiger partial charge is 0.261 e. The van der Waals surface area contributed by atoms with Gasteiger partial charge in [-0.05, 0) is 24.3 Å². The van der Waals surface area contributed by atoms with Crippen LogP contribution >= 0.6 is 0 Å². The second-order valence-corrected chi connectivity index (χ2v) is 2.90. The van der Waals surface area contributed by atoms with Gasteiger partial charge >= 0.3 is 0 Å². The monoisotopic (exact) mass is 219 g/mol. The number of halogens is 3. The molecule has 0 heterocycles. The third-order valence-electron chi connectivity index (χ3n) is 1.66. The molecule has 5 heteroatoms. The van der Waals surface area contributed by atoms with E-state index < -0.39 is 13.0 Å². The molecule has 1 rings (SSSR count). The Kier molecular flexibility index (Phi) is 4.97. The van der Waals surface area contributed by atoms with Crippen molar-refractivity contribution >= 4 is 5.69 Å². The summed E-state index contributed by atoms with van der Waals surface area (Å²) in [6.07, 6.45) is -2.43. The van der Waals surface area contributed by atoms with E-state index in [1.165, 1.54) is 12.1 Å². The van der Waals surface area contributed by atoms with Crippen molar-refractivity contribution in [1.82, 2.24) is 0 Å². The van der Waals surface area contributed by atoms with Crippen molar-refractivity contribution in [2.45, 2.75) is 6.43 Å². The summed E-state index contributed by atoms with van der Waals surface area (Å²) in [5, 5.41) is 2.91. The van der Waals surface area contributed by atoms with Gasteiger partial charge in [0.2, 0.25) is 0 Å². The van der Waals surface area contributed by atoms with Crippen molar-refractivity contribution in [1.29, 1.82) is 0 Å². The Morgan fingerprint density at radius 2 is 1.87 bits per heavy atom. The average molecular weight is 219 g/mol. The van der Waals surface area contributed by atoms with Gasteiger partial charge in [-0.15, -0.1) is 0 Å². The first-order chi connectivity index (χ1) is 7.18. The lowest BCUT2D eigenvalue weighted by Crippen LogP contribution is -2.12. The van der Waals surface area contributed by atoms with Crippen LogP contribution in [-0.4, -0.2) is 26.2 Å². The molecule has 0 fully saturated rings. The zero-order valence-corrected chi connectivity index (χ0v) is 8.05. The summed E-state index contributed by atoms with van der Waals surface area (Å²) in [6, 6.07) is 5.79. The second kappa shape index (κ2) is 6.29. The molecule has 0 aliphatic rings. The number of hydrogen-bond donors (Lipinski definition) is 1. The Balaban J connectivity index is 2.12. The number of hydrogen-bond acceptors (Lipinski definition) is 2. The third kappa shape index (κ3) is 5.27. The van der Waals surface area contributed by atoms with E-state index in [0.29, 0.717) is 6.54 Å². The molecule has 0 aliphatic heterocycles. The Bertz CT molecular complexity index is 277. The van der Waals surface area contributed by atoms with Crippen LogP contribution in [0.15, 0.2) is 24.3 Å². The first-order valence-corrected chi connectivity index (χ1v) is 4.54. The Labute approximate surface area is 86.1 Å². The maximum absolute atomic E-state index is 12.5. The molecule has 2 nitrogen and oxygen atoms in total. The molecule has 1 aromatic rings. The Morgan fingerprint density at radius 1 is 1.20 bits per heavy atom. The summed E-state index contributed by atoms with van der Waals surface area (Å²) < 4.78 is 40.4. The van der Waals surface area contributed by atoms with Gasteiger partial charge in [0.1, 0.15) is 12.4 Å². The van der Waals surface area contributed by atoms with E-state index in [2.05, 4.69) is 10.1 Å². The lowest BCUT2D eigenvalue weighted by molar-refractivity contribution is 0.0215. The van der Waals surface area contributed by atoms with Gasteiger partial charge in [-0.25, -0.2) is 13.2 Å². The number of ether oxygens (including phenoxy) is 1. The maximum Gasteiger partial charge on any atom is 0.261 e. The van der Waals surface area contributed by atoms with E-state index in [9.17, 15) is 13.2 Å². The third-order valence-corrected chi connectivity index (χ3v) is 1.66. The van der Waals surface area contributed by atoms with Crippen molar-refractivity contribution in [3.05, 3.63) is 30.1 Å². The van der Waals surface area contributed by atoms with Crippen LogP contribution in [0.1, 0.15) is 0 Å². The molecular weight excluding hydrogens is 207 g/mol. The number of rotatable bonds is 6. The zero-order valence-electron chi connectivity index (χ0n) is 8.05. The lowest BCUT2D eigenvalue weighted by atomic mass is 10.3. The second-order valence-electron chi connectivity index (χ2n) is 2.90. The highest BCUT2D eigenvalue weighted by Gasteiger charge is 2.00. The van der Waals surface area contributed by atoms with Crippen LogP contribution in [0.3, 0.4) is 0 Å². The van der Waals surface area contributed by atoms with E-state index in [0.717, 1.165) is 5.69 Å². The molecule has 0 amide bonds. The summed E-state index contributed by atoms with van der Waals surface area (Å²) in [6.45, 7) is 0.0607. The fraction of sp³-hybridized carbons (Fsp3) is 0.400. The van der Waals surface area contributed by atoms with E-state index in [-0.39, 0.29) is 12.4 Å². The van der Waals surface area contributed by atoms with Crippen molar-refractivity contribution in [3.63, 3.8) is 0 Å². The largest absolute Gasteiger partial charge is 0.383 e. The van der Waals surface area contributed by atoms with E-state index >= 15 is 0 Å². The average Bonchev–Trinajstić information content (AvgIpc) is 2.20. The highest BCUT2D eigenvalue weighted by molar-refractivity contribution is 5.42. The van der Waals surface area contributed by atoms with Gasteiger partial charge < -0.3 is 10.1 Å². The van der Waals surface area contributed by atoms with Crippen molar-refractivity contribution in [2.24, 2.45) is 0 Å². The predicted octanol–water partition coefficient (Wildman–Crippen LogP) is 2.52. The van der Waals surface area contributed by atoms with Crippen LogP contribution in [0, 0.1) is 5.82 Å². The zero-order chi connectivity index (χ0) is 11.1. The first-order valence-electron chi connectivity index (χ1n) is 4.54. The normalized spacial score (nSPS) is 10.7. The molecule has 0 spiro atoms. The van der Waals surface area contributed by atoms with Crippen molar-refractivity contribution in [3.8, 4) is 0 Å². The number of benzene rings is 1. The number of alkyl halides is 2. The molecule has 84 valence electrons. The fourth-order valence-electron chi connectivity index (χ4n) is 1.01. The van der Waals surface area contributed by atoms with Crippen LogP contribution in [0.5, 0.6) is 0 Å². The van der Waals surface area contributed by atoms with Gasteiger partial charge in [-0.3, -0.25) is 0 Å². The standard InChI is InChI=1S/C10H12F3NO/c11-8-1-3-9(4-2-8)14-5-6-15-7-10(12)13/h1-4,10,14H,5-7H2. The van der Waals surface area contributed by atoms with Crippen LogP contribution in [0.2, 0.25) is 0 Å². The number of anilines is 1. The fourth-order valence-corrected chi connectivity index (χ4v) is 1.01. The highest BCUT2D eigenvalue weighted by atomic mass is 19.3. The molecule has 0 unspecified atom stereocenters. The minimum absolute atomic E-state index is 0.196. The molecule has 0 saturated heterocycles. The van der Waals surface area contributed by atoms with E-state index in [1.54, 1.807) is 12.1 Å². The van der Waals surface area contributed by atoms with Crippen molar-refractivity contribution in [2.75, 3.05) is 25.1 Å². The van der Waals surface area contributed by atoms with Gasteiger partial charge in [0.05, 0.1) is 6.61 Å². The molecule has 1 aromatic carbocycles. The summed E-state index contributed by atoms with van der Waals surface area (Å²) >= 11 is 0. The van der Waals surface area contributed by atoms with E-state index in [4.69, 9.17) is 0 Å². The molecule has 0 saturated carbocycles. The summed E-state index contributed by atoms with van der Waals surface area (Å²) in [7, 11) is 0. The number of nitrogens with one attached hydrogen (secondary N) is 1. The van der Waals surface area contributed by atoms with Crippen LogP contribution < -0.4 is 5.32 Å². The van der Waals surface area contributed by atoms with Crippen LogP contribution in [0.25, 0.3) is 0 Å². The molecule has 0 aromatic heterocycles. The van der Waals surface area contributed by atoms with Gasteiger partial charge in [-0.1, -0.05) is 0 Å². The van der Waals surface area contributed by atoms with Gasteiger partial charge in [0.25, 0.3) is 6.43 Å². The topological polar surface area (TPSA) is 21.3 Å². The van der Waals surface area contributed by atoms with Gasteiger partial charge in [0, 0.05) is 12.2 Å².